The van der Waals surface area contributed by atoms with Gasteiger partial charge in [0.1, 0.15) is 5.75 Å². The zero-order valence-electron chi connectivity index (χ0n) is 15.8. The van der Waals surface area contributed by atoms with Gasteiger partial charge in [0, 0.05) is 23.4 Å². The lowest BCUT2D eigenvalue weighted by Crippen LogP contribution is -2.08. The van der Waals surface area contributed by atoms with Gasteiger partial charge in [0.15, 0.2) is 23.7 Å². The van der Waals surface area contributed by atoms with Crippen molar-refractivity contribution >= 4 is 17.7 Å². The molecule has 0 aliphatic rings. The Bertz CT molecular complexity index is 980. The Balaban J connectivity index is 1.76. The number of hydrogen-bond acceptors (Lipinski definition) is 6. The summed E-state index contributed by atoms with van der Waals surface area (Å²) in [5.41, 5.74) is 2.07. The number of nitrogens with one attached hydrogen (secondary N) is 1. The minimum Gasteiger partial charge on any atom is -0.496 e. The molecule has 7 heteroatoms. The first kappa shape index (κ1) is 19.0. The molecule has 0 aliphatic heterocycles. The molecule has 1 aromatic heterocycles. The van der Waals surface area contributed by atoms with Crippen molar-refractivity contribution in [2.45, 2.75) is 0 Å². The van der Waals surface area contributed by atoms with Crippen molar-refractivity contribution in [2.75, 3.05) is 26.6 Å². The minimum absolute atomic E-state index is 0.292. The monoisotopic (exact) mass is 380 g/mol. The van der Waals surface area contributed by atoms with Gasteiger partial charge in [-0.3, -0.25) is 4.79 Å². The fourth-order valence-corrected chi connectivity index (χ4v) is 2.71. The lowest BCUT2D eigenvalue weighted by molar-refractivity contribution is -0.111. The van der Waals surface area contributed by atoms with Crippen LogP contribution >= 0.6 is 0 Å². The molecule has 1 amide bonds. The molecule has 0 fully saturated rings. The van der Waals surface area contributed by atoms with E-state index in [0.29, 0.717) is 28.7 Å². The molecule has 3 aromatic rings. The topological polar surface area (TPSA) is 82.8 Å². The molecule has 0 atom stereocenters. The summed E-state index contributed by atoms with van der Waals surface area (Å²) in [5, 5.41) is 2.80. The minimum atomic E-state index is -0.292. The van der Waals surface area contributed by atoms with Gasteiger partial charge in [0.2, 0.25) is 5.91 Å². The van der Waals surface area contributed by atoms with Crippen LogP contribution in [0.2, 0.25) is 0 Å². The average Bonchev–Trinajstić information content (AvgIpc) is 3.26. The molecule has 144 valence electrons. The Labute approximate surface area is 162 Å². The number of ether oxygens (including phenoxy) is 3. The summed E-state index contributed by atoms with van der Waals surface area (Å²) >= 11 is 0. The van der Waals surface area contributed by atoms with E-state index in [2.05, 4.69) is 10.3 Å². The fourth-order valence-electron chi connectivity index (χ4n) is 2.71. The SMILES string of the molecule is COc1cc(NC(=O)/C=C/c2cccc(OC)c2OC)ccc1-c1cnco1. The molecular weight excluding hydrogens is 360 g/mol. The van der Waals surface area contributed by atoms with E-state index in [4.69, 9.17) is 18.6 Å². The Morgan fingerprint density at radius 2 is 1.89 bits per heavy atom. The first-order valence-corrected chi connectivity index (χ1v) is 8.43. The highest BCUT2D eigenvalue weighted by atomic mass is 16.5. The van der Waals surface area contributed by atoms with Crippen molar-refractivity contribution in [3.05, 3.63) is 60.6 Å². The van der Waals surface area contributed by atoms with Gasteiger partial charge in [-0.05, 0) is 24.3 Å². The van der Waals surface area contributed by atoms with Gasteiger partial charge in [-0.25, -0.2) is 4.98 Å². The largest absolute Gasteiger partial charge is 0.496 e. The van der Waals surface area contributed by atoms with Crippen molar-refractivity contribution in [3.63, 3.8) is 0 Å². The van der Waals surface area contributed by atoms with Crippen LogP contribution in [-0.2, 0) is 4.79 Å². The quantitative estimate of drug-likeness (QED) is 0.624. The van der Waals surface area contributed by atoms with Gasteiger partial charge in [-0.15, -0.1) is 0 Å². The zero-order valence-corrected chi connectivity index (χ0v) is 15.8. The van der Waals surface area contributed by atoms with E-state index in [1.165, 1.54) is 12.5 Å². The van der Waals surface area contributed by atoms with E-state index >= 15 is 0 Å². The summed E-state index contributed by atoms with van der Waals surface area (Å²) in [6.07, 6.45) is 6.04. The Hall–Kier alpha value is -3.74. The first-order chi connectivity index (χ1) is 13.7. The molecule has 0 unspecified atom stereocenters. The molecule has 0 saturated carbocycles. The normalized spacial score (nSPS) is 10.7. The maximum Gasteiger partial charge on any atom is 0.248 e. The predicted molar refractivity (Wildman–Crippen MR) is 106 cm³/mol. The van der Waals surface area contributed by atoms with Crippen LogP contribution in [0.15, 0.2) is 59.5 Å². The van der Waals surface area contributed by atoms with Gasteiger partial charge in [-0.2, -0.15) is 0 Å². The van der Waals surface area contributed by atoms with E-state index in [0.717, 1.165) is 11.1 Å². The summed E-state index contributed by atoms with van der Waals surface area (Å²) in [4.78, 5) is 16.2. The number of methoxy groups -OCH3 is 3. The number of carbonyl (C=O) groups excluding carboxylic acids is 1. The zero-order chi connectivity index (χ0) is 19.9. The van der Waals surface area contributed by atoms with Crippen LogP contribution in [0.4, 0.5) is 5.69 Å². The van der Waals surface area contributed by atoms with Crippen molar-refractivity contribution < 1.29 is 23.4 Å². The Morgan fingerprint density at radius 1 is 1.07 bits per heavy atom. The molecule has 3 rings (SSSR count). The standard InChI is InChI=1S/C21H20N2O5/c1-25-17-6-4-5-14(21(17)27-3)7-10-20(24)23-15-8-9-16(18(11-15)26-2)19-12-22-13-28-19/h4-13H,1-3H3,(H,23,24)/b10-7+. The highest BCUT2D eigenvalue weighted by molar-refractivity contribution is 6.02. The Kier molecular flexibility index (Phi) is 5.96. The molecule has 1 heterocycles. The number of para-hydroxylation sites is 1. The molecule has 0 saturated heterocycles. The van der Waals surface area contributed by atoms with Gasteiger partial charge in [0.25, 0.3) is 0 Å². The number of rotatable bonds is 7. The number of hydrogen-bond donors (Lipinski definition) is 1. The van der Waals surface area contributed by atoms with Crippen molar-refractivity contribution in [3.8, 4) is 28.6 Å². The molecule has 2 aromatic carbocycles. The first-order valence-electron chi connectivity index (χ1n) is 8.43. The smallest absolute Gasteiger partial charge is 0.248 e. The second-order valence-electron chi connectivity index (χ2n) is 5.69. The molecule has 0 spiro atoms. The number of carbonyl (C=O) groups is 1. The number of amides is 1. The van der Waals surface area contributed by atoms with Crippen molar-refractivity contribution in [1.29, 1.82) is 0 Å². The summed E-state index contributed by atoms with van der Waals surface area (Å²) in [5.74, 6) is 2.01. The van der Waals surface area contributed by atoms with Gasteiger partial charge >= 0.3 is 0 Å². The number of aromatic nitrogens is 1. The maximum atomic E-state index is 12.3. The Morgan fingerprint density at radius 3 is 2.57 bits per heavy atom. The van der Waals surface area contributed by atoms with Crippen LogP contribution in [0.5, 0.6) is 17.2 Å². The average molecular weight is 380 g/mol. The third-order valence-electron chi connectivity index (χ3n) is 4.01. The highest BCUT2D eigenvalue weighted by Gasteiger charge is 2.11. The van der Waals surface area contributed by atoms with Crippen LogP contribution in [0, 0.1) is 0 Å². The van der Waals surface area contributed by atoms with Gasteiger partial charge in [-0.1, -0.05) is 12.1 Å². The molecular formula is C21H20N2O5. The van der Waals surface area contributed by atoms with Crippen molar-refractivity contribution in [2.24, 2.45) is 0 Å². The van der Waals surface area contributed by atoms with Crippen LogP contribution in [0.25, 0.3) is 17.4 Å². The molecule has 28 heavy (non-hydrogen) atoms. The number of benzene rings is 2. The van der Waals surface area contributed by atoms with Crippen LogP contribution < -0.4 is 19.5 Å². The third kappa shape index (κ3) is 4.15. The van der Waals surface area contributed by atoms with Gasteiger partial charge < -0.3 is 23.9 Å². The van der Waals surface area contributed by atoms with E-state index < -0.39 is 0 Å². The van der Waals surface area contributed by atoms with E-state index in [1.807, 2.05) is 12.1 Å². The lowest BCUT2D eigenvalue weighted by atomic mass is 10.1. The predicted octanol–water partition coefficient (Wildman–Crippen LogP) is 4.02. The van der Waals surface area contributed by atoms with E-state index in [1.54, 1.807) is 57.9 Å². The second kappa shape index (κ2) is 8.77. The lowest BCUT2D eigenvalue weighted by Gasteiger charge is -2.10. The van der Waals surface area contributed by atoms with Crippen LogP contribution in [-0.4, -0.2) is 32.2 Å². The summed E-state index contributed by atoms with van der Waals surface area (Å²) in [6.45, 7) is 0. The summed E-state index contributed by atoms with van der Waals surface area (Å²) < 4.78 is 21.3. The number of anilines is 1. The number of oxazole rings is 1. The maximum absolute atomic E-state index is 12.3. The molecule has 0 aliphatic carbocycles. The number of nitrogens with zero attached hydrogens (tertiary/aromatic N) is 1. The fraction of sp³-hybridized carbons (Fsp3) is 0.143. The molecule has 0 bridgehead atoms. The van der Waals surface area contributed by atoms with E-state index in [-0.39, 0.29) is 5.91 Å². The summed E-state index contributed by atoms with van der Waals surface area (Å²) in [6, 6.07) is 10.7. The molecule has 1 N–H and O–H groups in total. The van der Waals surface area contributed by atoms with Crippen LogP contribution in [0.1, 0.15) is 5.56 Å². The van der Waals surface area contributed by atoms with Crippen molar-refractivity contribution in [1.82, 2.24) is 4.98 Å². The summed E-state index contributed by atoms with van der Waals surface area (Å²) in [7, 11) is 4.67. The van der Waals surface area contributed by atoms with Gasteiger partial charge in [0.05, 0.1) is 33.1 Å². The third-order valence-corrected chi connectivity index (χ3v) is 4.01. The highest BCUT2D eigenvalue weighted by Crippen LogP contribution is 2.33. The molecule has 0 radical (unpaired) electrons. The molecule has 7 nitrogen and oxygen atoms in total. The van der Waals surface area contributed by atoms with Crippen LogP contribution in [0.3, 0.4) is 0 Å². The van der Waals surface area contributed by atoms with E-state index in [9.17, 15) is 4.79 Å². The second-order valence-corrected chi connectivity index (χ2v) is 5.69.